The normalized spacial score (nSPS) is 11.5. The second-order valence-corrected chi connectivity index (χ2v) is 4.87. The molecule has 1 amide bonds. The lowest BCUT2D eigenvalue weighted by molar-refractivity contribution is 0.0695. The van der Waals surface area contributed by atoms with E-state index < -0.39 is 5.60 Å². The zero-order valence-electron chi connectivity index (χ0n) is 10.5. The van der Waals surface area contributed by atoms with Gasteiger partial charge in [0.15, 0.2) is 0 Å². The van der Waals surface area contributed by atoms with Crippen molar-refractivity contribution in [3.05, 3.63) is 42.1 Å². The van der Waals surface area contributed by atoms with Gasteiger partial charge in [0.1, 0.15) is 0 Å². The van der Waals surface area contributed by atoms with Crippen molar-refractivity contribution in [2.45, 2.75) is 19.4 Å². The second kappa shape index (κ2) is 4.74. The molecule has 94 valence electrons. The van der Waals surface area contributed by atoms with Gasteiger partial charge in [-0.3, -0.25) is 9.78 Å². The summed E-state index contributed by atoms with van der Waals surface area (Å²) in [5, 5.41) is 13.1. The summed E-state index contributed by atoms with van der Waals surface area (Å²) in [6.07, 6.45) is 1.61. The van der Waals surface area contributed by atoms with Crippen molar-refractivity contribution in [2.75, 3.05) is 6.54 Å². The van der Waals surface area contributed by atoms with E-state index in [1.807, 2.05) is 24.3 Å². The molecule has 2 rings (SSSR count). The summed E-state index contributed by atoms with van der Waals surface area (Å²) in [5.41, 5.74) is 0.441. The maximum atomic E-state index is 12.1. The highest BCUT2D eigenvalue weighted by molar-refractivity contribution is 6.05. The van der Waals surface area contributed by atoms with Crippen molar-refractivity contribution < 1.29 is 9.90 Å². The highest BCUT2D eigenvalue weighted by atomic mass is 16.3. The zero-order chi connectivity index (χ0) is 13.2. The molecule has 2 aromatic rings. The second-order valence-electron chi connectivity index (χ2n) is 4.87. The van der Waals surface area contributed by atoms with Crippen LogP contribution in [0.5, 0.6) is 0 Å². The van der Waals surface area contributed by atoms with Crippen LogP contribution in [0.4, 0.5) is 0 Å². The third-order valence-electron chi connectivity index (χ3n) is 2.58. The van der Waals surface area contributed by atoms with E-state index >= 15 is 0 Å². The monoisotopic (exact) mass is 244 g/mol. The highest BCUT2D eigenvalue weighted by Crippen LogP contribution is 2.16. The maximum Gasteiger partial charge on any atom is 0.252 e. The Hall–Kier alpha value is -1.94. The van der Waals surface area contributed by atoms with E-state index in [1.165, 1.54) is 0 Å². The van der Waals surface area contributed by atoms with Crippen LogP contribution >= 0.6 is 0 Å². The molecule has 0 aliphatic rings. The molecule has 0 unspecified atom stereocenters. The molecular formula is C14H16N2O2. The lowest BCUT2D eigenvalue weighted by atomic mass is 10.1. The fourth-order valence-electron chi connectivity index (χ4n) is 1.69. The summed E-state index contributed by atoms with van der Waals surface area (Å²) in [6.45, 7) is 3.51. The summed E-state index contributed by atoms with van der Waals surface area (Å²) in [5.74, 6) is -0.198. The van der Waals surface area contributed by atoms with Crippen molar-refractivity contribution in [1.82, 2.24) is 10.3 Å². The Morgan fingerprint density at radius 1 is 1.33 bits per heavy atom. The van der Waals surface area contributed by atoms with Crippen LogP contribution in [0.15, 0.2) is 36.5 Å². The van der Waals surface area contributed by atoms with E-state index in [-0.39, 0.29) is 12.5 Å². The molecule has 0 radical (unpaired) electrons. The molecule has 0 bridgehead atoms. The summed E-state index contributed by atoms with van der Waals surface area (Å²) in [4.78, 5) is 16.3. The van der Waals surface area contributed by atoms with E-state index in [1.54, 1.807) is 26.1 Å². The average molecular weight is 244 g/mol. The quantitative estimate of drug-likeness (QED) is 0.864. The number of hydrogen-bond donors (Lipinski definition) is 2. The number of aromatic nitrogens is 1. The topological polar surface area (TPSA) is 62.2 Å². The van der Waals surface area contributed by atoms with Crippen molar-refractivity contribution in [2.24, 2.45) is 0 Å². The van der Waals surface area contributed by atoms with Crippen LogP contribution in [0.2, 0.25) is 0 Å². The van der Waals surface area contributed by atoms with E-state index in [0.29, 0.717) is 5.56 Å². The molecule has 4 heteroatoms. The number of amides is 1. The van der Waals surface area contributed by atoms with Crippen molar-refractivity contribution in [1.29, 1.82) is 0 Å². The fourth-order valence-corrected chi connectivity index (χ4v) is 1.69. The van der Waals surface area contributed by atoms with E-state index in [2.05, 4.69) is 10.3 Å². The number of pyridine rings is 1. The van der Waals surface area contributed by atoms with Gasteiger partial charge in [0.2, 0.25) is 0 Å². The van der Waals surface area contributed by atoms with E-state index in [0.717, 1.165) is 10.9 Å². The van der Waals surface area contributed by atoms with Gasteiger partial charge in [0, 0.05) is 18.1 Å². The van der Waals surface area contributed by atoms with Gasteiger partial charge in [-0.1, -0.05) is 18.2 Å². The molecular weight excluding hydrogens is 228 g/mol. The first-order chi connectivity index (χ1) is 8.47. The summed E-state index contributed by atoms with van der Waals surface area (Å²) >= 11 is 0. The van der Waals surface area contributed by atoms with Crippen molar-refractivity contribution in [3.8, 4) is 0 Å². The Morgan fingerprint density at radius 3 is 2.78 bits per heavy atom. The van der Waals surface area contributed by atoms with Crippen LogP contribution in [0.3, 0.4) is 0 Å². The molecule has 0 spiro atoms. The van der Waals surface area contributed by atoms with Crippen LogP contribution < -0.4 is 5.32 Å². The van der Waals surface area contributed by atoms with Gasteiger partial charge in [-0.25, -0.2) is 0 Å². The molecule has 0 saturated carbocycles. The largest absolute Gasteiger partial charge is 0.389 e. The molecule has 0 atom stereocenters. The van der Waals surface area contributed by atoms with Gasteiger partial charge in [0.05, 0.1) is 16.7 Å². The third kappa shape index (κ3) is 2.84. The minimum Gasteiger partial charge on any atom is -0.389 e. The van der Waals surface area contributed by atoms with Crippen LogP contribution in [-0.2, 0) is 0 Å². The highest BCUT2D eigenvalue weighted by Gasteiger charge is 2.16. The Labute approximate surface area is 106 Å². The number of rotatable bonds is 3. The van der Waals surface area contributed by atoms with E-state index in [9.17, 15) is 9.90 Å². The SMILES string of the molecule is CC(C)(O)CNC(=O)c1ccnc2ccccc12. The fraction of sp³-hybridized carbons (Fsp3) is 0.286. The third-order valence-corrected chi connectivity index (χ3v) is 2.58. The molecule has 1 aromatic heterocycles. The van der Waals surface area contributed by atoms with Gasteiger partial charge in [-0.05, 0) is 26.0 Å². The first-order valence-corrected chi connectivity index (χ1v) is 5.82. The van der Waals surface area contributed by atoms with Crippen molar-refractivity contribution >= 4 is 16.8 Å². The number of nitrogens with zero attached hydrogens (tertiary/aromatic N) is 1. The number of para-hydroxylation sites is 1. The van der Waals surface area contributed by atoms with Gasteiger partial charge in [-0.2, -0.15) is 0 Å². The van der Waals surface area contributed by atoms with E-state index in [4.69, 9.17) is 0 Å². The zero-order valence-corrected chi connectivity index (χ0v) is 10.5. The first kappa shape index (κ1) is 12.5. The lowest BCUT2D eigenvalue weighted by Gasteiger charge is -2.17. The Kier molecular flexibility index (Phi) is 3.30. The summed E-state index contributed by atoms with van der Waals surface area (Å²) in [7, 11) is 0. The van der Waals surface area contributed by atoms with Gasteiger partial charge < -0.3 is 10.4 Å². The molecule has 1 aromatic carbocycles. The molecule has 1 heterocycles. The number of fused-ring (bicyclic) bond motifs is 1. The molecule has 18 heavy (non-hydrogen) atoms. The number of carbonyl (C=O) groups excluding carboxylic acids is 1. The standard InChI is InChI=1S/C14H16N2O2/c1-14(2,18)9-16-13(17)11-7-8-15-12-6-4-3-5-10(11)12/h3-8,18H,9H2,1-2H3,(H,16,17). The number of benzene rings is 1. The van der Waals surface area contributed by atoms with Crippen LogP contribution in [0.1, 0.15) is 24.2 Å². The number of hydrogen-bond acceptors (Lipinski definition) is 3. The molecule has 2 N–H and O–H groups in total. The van der Waals surface area contributed by atoms with Crippen LogP contribution in [0, 0.1) is 0 Å². The maximum absolute atomic E-state index is 12.1. The Balaban J connectivity index is 2.28. The van der Waals surface area contributed by atoms with Gasteiger partial charge >= 0.3 is 0 Å². The predicted octanol–water partition coefficient (Wildman–Crippen LogP) is 1.74. The lowest BCUT2D eigenvalue weighted by Crippen LogP contribution is -2.38. The Bertz CT molecular complexity index is 568. The summed E-state index contributed by atoms with van der Waals surface area (Å²) in [6, 6.07) is 9.16. The average Bonchev–Trinajstić information content (AvgIpc) is 2.34. The first-order valence-electron chi connectivity index (χ1n) is 5.82. The number of nitrogens with one attached hydrogen (secondary N) is 1. The minimum atomic E-state index is -0.918. The Morgan fingerprint density at radius 2 is 2.06 bits per heavy atom. The van der Waals surface area contributed by atoms with Crippen molar-refractivity contribution in [3.63, 3.8) is 0 Å². The molecule has 0 fully saturated rings. The molecule has 0 saturated heterocycles. The van der Waals surface area contributed by atoms with Crippen LogP contribution in [0.25, 0.3) is 10.9 Å². The van der Waals surface area contributed by atoms with Crippen LogP contribution in [-0.4, -0.2) is 28.1 Å². The molecule has 0 aliphatic heterocycles. The minimum absolute atomic E-state index is 0.198. The molecule has 4 nitrogen and oxygen atoms in total. The predicted molar refractivity (Wildman–Crippen MR) is 70.4 cm³/mol. The summed E-state index contributed by atoms with van der Waals surface area (Å²) < 4.78 is 0. The number of aliphatic hydroxyl groups is 1. The smallest absolute Gasteiger partial charge is 0.252 e. The molecule has 0 aliphatic carbocycles. The van der Waals surface area contributed by atoms with Gasteiger partial charge in [-0.15, -0.1) is 0 Å². The van der Waals surface area contributed by atoms with Gasteiger partial charge in [0.25, 0.3) is 5.91 Å². The number of carbonyl (C=O) groups is 1.